The number of carbonyl (C=O) groups is 1. The van der Waals surface area contributed by atoms with E-state index in [1.807, 2.05) is 0 Å². The molecule has 1 amide bonds. The number of ether oxygens (including phenoxy) is 1. The third kappa shape index (κ3) is 6.84. The second-order valence-corrected chi connectivity index (χ2v) is 8.41. The van der Waals surface area contributed by atoms with Crippen LogP contribution in [0.1, 0.15) is 12.5 Å². The van der Waals surface area contributed by atoms with E-state index in [0.29, 0.717) is 6.54 Å². The first-order chi connectivity index (χ1) is 14.5. The number of rotatable bonds is 9. The molecule has 2 rings (SSSR count). The molecule has 8 nitrogen and oxygen atoms in total. The number of anilines is 1. The van der Waals surface area contributed by atoms with E-state index in [1.165, 1.54) is 41.9 Å². The highest BCUT2D eigenvalue weighted by atomic mass is 32.2. The number of hydrogen-bond acceptors (Lipinski definition) is 6. The number of amides is 1. The van der Waals surface area contributed by atoms with Crippen molar-refractivity contribution in [3.63, 3.8) is 0 Å². The van der Waals surface area contributed by atoms with Crippen molar-refractivity contribution in [2.24, 2.45) is 0 Å². The topological polar surface area (TPSA) is 108 Å². The molecular formula is C19H22F3N3O5S. The molecule has 0 heterocycles. The lowest BCUT2D eigenvalue weighted by Crippen LogP contribution is -2.51. The minimum Gasteiger partial charge on any atom is -0.457 e. The molecule has 170 valence electrons. The van der Waals surface area contributed by atoms with Crippen LogP contribution >= 0.6 is 0 Å². The van der Waals surface area contributed by atoms with E-state index in [9.17, 15) is 26.4 Å². The van der Waals surface area contributed by atoms with Gasteiger partial charge in [0.25, 0.3) is 5.91 Å². The van der Waals surface area contributed by atoms with Crippen LogP contribution in [0.3, 0.4) is 0 Å². The van der Waals surface area contributed by atoms with E-state index in [4.69, 9.17) is 9.94 Å². The number of nitrogens with one attached hydrogen (secondary N) is 2. The van der Waals surface area contributed by atoms with E-state index in [0.717, 1.165) is 22.7 Å². The molecule has 2 aromatic rings. The molecule has 0 aliphatic heterocycles. The average molecular weight is 461 g/mol. The highest BCUT2D eigenvalue weighted by Gasteiger charge is 2.30. The molecule has 1 atom stereocenters. The SMILES string of the molecule is CCN[C@@H](CN(c1ccc(Oc2ccc(C(F)(F)F)cc2)cc1)S(C)(=O)=O)C(=O)NO. The van der Waals surface area contributed by atoms with Crippen LogP contribution in [0, 0.1) is 0 Å². The monoisotopic (exact) mass is 461 g/mol. The lowest BCUT2D eigenvalue weighted by atomic mass is 10.2. The molecule has 0 saturated heterocycles. The summed E-state index contributed by atoms with van der Waals surface area (Å²) < 4.78 is 68.9. The van der Waals surface area contributed by atoms with Crippen molar-refractivity contribution in [3.05, 3.63) is 54.1 Å². The summed E-state index contributed by atoms with van der Waals surface area (Å²) in [6.45, 7) is 1.80. The number of hydrogen-bond donors (Lipinski definition) is 3. The molecule has 0 aromatic heterocycles. The van der Waals surface area contributed by atoms with Gasteiger partial charge in [0.1, 0.15) is 17.5 Å². The van der Waals surface area contributed by atoms with Gasteiger partial charge in [-0.05, 0) is 55.1 Å². The van der Waals surface area contributed by atoms with E-state index < -0.39 is 33.7 Å². The van der Waals surface area contributed by atoms with Gasteiger partial charge in [0.15, 0.2) is 0 Å². The Bertz CT molecular complexity index is 980. The van der Waals surface area contributed by atoms with E-state index in [1.54, 1.807) is 6.92 Å². The van der Waals surface area contributed by atoms with Crippen molar-refractivity contribution in [2.45, 2.75) is 19.1 Å². The van der Waals surface area contributed by atoms with Crippen LogP contribution in [0.25, 0.3) is 0 Å². The Labute approximate surface area is 177 Å². The average Bonchev–Trinajstić information content (AvgIpc) is 2.70. The van der Waals surface area contributed by atoms with Gasteiger partial charge in [-0.25, -0.2) is 13.9 Å². The second-order valence-electron chi connectivity index (χ2n) is 6.50. The number of nitrogens with zero attached hydrogens (tertiary/aromatic N) is 1. The highest BCUT2D eigenvalue weighted by molar-refractivity contribution is 7.92. The van der Waals surface area contributed by atoms with Crippen LogP contribution in [-0.4, -0.2) is 44.9 Å². The summed E-state index contributed by atoms with van der Waals surface area (Å²) >= 11 is 0. The van der Waals surface area contributed by atoms with Crippen LogP contribution in [0.15, 0.2) is 48.5 Å². The summed E-state index contributed by atoms with van der Waals surface area (Å²) in [6.07, 6.45) is -3.48. The van der Waals surface area contributed by atoms with Gasteiger partial charge < -0.3 is 10.1 Å². The zero-order valence-electron chi connectivity index (χ0n) is 16.7. The molecule has 12 heteroatoms. The van der Waals surface area contributed by atoms with Gasteiger partial charge in [0.2, 0.25) is 10.0 Å². The molecule has 3 N–H and O–H groups in total. The molecule has 0 spiro atoms. The number of alkyl halides is 3. The maximum Gasteiger partial charge on any atom is 0.416 e. The fourth-order valence-corrected chi connectivity index (χ4v) is 3.62. The van der Waals surface area contributed by atoms with Crippen molar-refractivity contribution in [3.8, 4) is 11.5 Å². The van der Waals surface area contributed by atoms with Crippen LogP contribution in [0.4, 0.5) is 18.9 Å². The van der Waals surface area contributed by atoms with Crippen molar-refractivity contribution in [2.75, 3.05) is 23.7 Å². The first kappa shape index (κ1) is 24.4. The van der Waals surface area contributed by atoms with Gasteiger partial charge >= 0.3 is 6.18 Å². The predicted molar refractivity (Wildman–Crippen MR) is 108 cm³/mol. The second kappa shape index (κ2) is 9.98. The van der Waals surface area contributed by atoms with E-state index in [-0.39, 0.29) is 23.7 Å². The number of carbonyl (C=O) groups excluding carboxylic acids is 1. The summed E-state index contributed by atoms with van der Waals surface area (Å²) in [6, 6.07) is 8.87. The maximum atomic E-state index is 12.6. The van der Waals surface area contributed by atoms with Crippen molar-refractivity contribution in [1.29, 1.82) is 0 Å². The minimum atomic E-state index is -4.45. The molecule has 0 radical (unpaired) electrons. The zero-order valence-corrected chi connectivity index (χ0v) is 17.5. The number of sulfonamides is 1. The summed E-state index contributed by atoms with van der Waals surface area (Å²) in [5.74, 6) is -0.349. The zero-order chi connectivity index (χ0) is 23.2. The molecular weight excluding hydrogens is 439 g/mol. The molecule has 0 aliphatic rings. The normalized spacial score (nSPS) is 12.8. The van der Waals surface area contributed by atoms with Crippen LogP contribution in [0.2, 0.25) is 0 Å². The van der Waals surface area contributed by atoms with E-state index in [2.05, 4.69) is 5.32 Å². The smallest absolute Gasteiger partial charge is 0.416 e. The standard InChI is InChI=1S/C19H22F3N3O5S/c1-3-23-17(18(26)24-27)12-25(31(2,28)29)14-6-10-16(11-7-14)30-15-8-4-13(5-9-15)19(20,21)22/h4-11,17,23,27H,3,12H2,1-2H3,(H,24,26)/t17-/m0/s1. The Morgan fingerprint density at radius 2 is 1.61 bits per heavy atom. The van der Waals surface area contributed by atoms with Crippen LogP contribution < -0.4 is 19.8 Å². The van der Waals surface area contributed by atoms with Crippen LogP contribution in [-0.2, 0) is 21.0 Å². The quantitative estimate of drug-likeness (QED) is 0.392. The van der Waals surface area contributed by atoms with Gasteiger partial charge in [-0.2, -0.15) is 13.2 Å². The number of benzene rings is 2. The van der Waals surface area contributed by atoms with Crippen LogP contribution in [0.5, 0.6) is 11.5 Å². The fraction of sp³-hybridized carbons (Fsp3) is 0.316. The lowest BCUT2D eigenvalue weighted by molar-refractivity contribution is -0.137. The third-order valence-corrected chi connectivity index (χ3v) is 5.33. The summed E-state index contributed by atoms with van der Waals surface area (Å²) in [5, 5.41) is 11.7. The van der Waals surface area contributed by atoms with E-state index >= 15 is 0 Å². The number of likely N-dealkylation sites (N-methyl/N-ethyl adjacent to an activating group) is 1. The predicted octanol–water partition coefficient (Wildman–Crippen LogP) is 2.75. The Kier molecular flexibility index (Phi) is 7.87. The molecule has 0 bridgehead atoms. The first-order valence-corrected chi connectivity index (χ1v) is 10.9. The number of halogens is 3. The van der Waals surface area contributed by atoms with Crippen molar-refractivity contribution < 1.29 is 36.3 Å². The molecule has 0 fully saturated rings. The minimum absolute atomic E-state index is 0.174. The Balaban J connectivity index is 2.20. The maximum absolute atomic E-state index is 12.6. The van der Waals surface area contributed by atoms with Crippen molar-refractivity contribution >= 4 is 21.6 Å². The van der Waals surface area contributed by atoms with Gasteiger partial charge in [0.05, 0.1) is 24.1 Å². The molecule has 31 heavy (non-hydrogen) atoms. The van der Waals surface area contributed by atoms with Gasteiger partial charge in [-0.15, -0.1) is 0 Å². The molecule has 0 aliphatic carbocycles. The van der Waals surface area contributed by atoms with Gasteiger partial charge in [-0.1, -0.05) is 6.92 Å². The Morgan fingerprint density at radius 3 is 2.03 bits per heavy atom. The fourth-order valence-electron chi connectivity index (χ4n) is 2.69. The lowest BCUT2D eigenvalue weighted by Gasteiger charge is -2.27. The van der Waals surface area contributed by atoms with Gasteiger partial charge in [0, 0.05) is 0 Å². The van der Waals surface area contributed by atoms with Gasteiger partial charge in [-0.3, -0.25) is 14.3 Å². The summed E-state index contributed by atoms with van der Waals surface area (Å²) in [4.78, 5) is 11.8. The molecule has 0 saturated carbocycles. The summed E-state index contributed by atoms with van der Waals surface area (Å²) in [5.41, 5.74) is 0.922. The molecule has 2 aromatic carbocycles. The van der Waals surface area contributed by atoms with Crippen molar-refractivity contribution in [1.82, 2.24) is 10.8 Å². The highest BCUT2D eigenvalue weighted by Crippen LogP contribution is 2.32. The summed E-state index contributed by atoms with van der Waals surface area (Å²) in [7, 11) is -3.78. The Morgan fingerprint density at radius 1 is 1.10 bits per heavy atom. The number of hydroxylamine groups is 1. The first-order valence-electron chi connectivity index (χ1n) is 9.06. The third-order valence-electron chi connectivity index (χ3n) is 4.17. The Hall–Kier alpha value is -2.83. The molecule has 0 unspecified atom stereocenters. The largest absolute Gasteiger partial charge is 0.457 e.